The normalized spacial score (nSPS) is 14.7. The molecule has 3 heteroatoms. The first-order chi connectivity index (χ1) is 7.15. The zero-order valence-corrected chi connectivity index (χ0v) is 9.30. The van der Waals surface area contributed by atoms with Crippen LogP contribution in [0.25, 0.3) is 0 Å². The Bertz CT molecular complexity index is 274. The molecule has 0 saturated heterocycles. The van der Waals surface area contributed by atoms with Gasteiger partial charge in [0.1, 0.15) is 0 Å². The fourth-order valence-corrected chi connectivity index (χ4v) is 1.54. The lowest BCUT2D eigenvalue weighted by Gasteiger charge is -2.31. The minimum absolute atomic E-state index is 0.0157. The molecule has 0 aliphatic carbocycles. The van der Waals surface area contributed by atoms with Crippen LogP contribution in [0.3, 0.4) is 0 Å². The van der Waals surface area contributed by atoms with E-state index in [4.69, 9.17) is 5.11 Å². The maximum Gasteiger partial charge on any atom is 0.0687 e. The van der Waals surface area contributed by atoms with Gasteiger partial charge in [0.2, 0.25) is 0 Å². The largest absolute Gasteiger partial charge is 0.394 e. The summed E-state index contributed by atoms with van der Waals surface area (Å²) in [6.45, 7) is 4.31. The van der Waals surface area contributed by atoms with E-state index >= 15 is 0 Å². The van der Waals surface area contributed by atoms with Gasteiger partial charge in [0.15, 0.2) is 0 Å². The van der Waals surface area contributed by atoms with Gasteiger partial charge in [-0.3, -0.25) is 0 Å². The van der Waals surface area contributed by atoms with Gasteiger partial charge in [-0.25, -0.2) is 0 Å². The molecule has 0 aliphatic rings. The molecule has 0 radical (unpaired) electrons. The van der Waals surface area contributed by atoms with Crippen LogP contribution in [0.4, 0.5) is 5.69 Å². The van der Waals surface area contributed by atoms with Crippen molar-refractivity contribution in [1.82, 2.24) is 0 Å². The van der Waals surface area contributed by atoms with E-state index in [9.17, 15) is 5.11 Å². The number of hydrogen-bond donors (Lipinski definition) is 2. The third-order valence-corrected chi connectivity index (χ3v) is 2.35. The van der Waals surface area contributed by atoms with Crippen molar-refractivity contribution < 1.29 is 10.2 Å². The quantitative estimate of drug-likeness (QED) is 0.767. The Morgan fingerprint density at radius 3 is 2.27 bits per heavy atom. The highest BCUT2D eigenvalue weighted by Gasteiger charge is 2.15. The molecule has 2 N–H and O–H groups in total. The molecule has 1 aromatic carbocycles. The van der Waals surface area contributed by atoms with E-state index in [1.807, 2.05) is 42.2 Å². The standard InChI is InChI=1S/C12H19NO2/c1-10(9-14)13(8-11(2)15)12-6-4-3-5-7-12/h3-7,10-11,14-15H,8-9H2,1-2H3. The van der Waals surface area contributed by atoms with E-state index in [1.54, 1.807) is 6.92 Å². The molecule has 0 spiro atoms. The van der Waals surface area contributed by atoms with Crippen LogP contribution in [0.5, 0.6) is 0 Å². The van der Waals surface area contributed by atoms with Gasteiger partial charge in [-0.1, -0.05) is 18.2 Å². The Morgan fingerprint density at radius 2 is 1.80 bits per heavy atom. The highest BCUT2D eigenvalue weighted by Crippen LogP contribution is 2.16. The monoisotopic (exact) mass is 209 g/mol. The average Bonchev–Trinajstić information content (AvgIpc) is 2.26. The van der Waals surface area contributed by atoms with Gasteiger partial charge in [-0.05, 0) is 26.0 Å². The van der Waals surface area contributed by atoms with Gasteiger partial charge in [-0.2, -0.15) is 0 Å². The Labute approximate surface area is 91.0 Å². The summed E-state index contributed by atoms with van der Waals surface area (Å²) in [4.78, 5) is 2.00. The topological polar surface area (TPSA) is 43.7 Å². The molecule has 0 heterocycles. The van der Waals surface area contributed by atoms with Crippen LogP contribution in [-0.2, 0) is 0 Å². The molecule has 84 valence electrons. The van der Waals surface area contributed by atoms with Gasteiger partial charge in [0.05, 0.1) is 12.7 Å². The summed E-state index contributed by atoms with van der Waals surface area (Å²) in [6.07, 6.45) is -0.404. The molecule has 0 bridgehead atoms. The maximum absolute atomic E-state index is 9.41. The van der Waals surface area contributed by atoms with Crippen LogP contribution in [0, 0.1) is 0 Å². The van der Waals surface area contributed by atoms with Gasteiger partial charge >= 0.3 is 0 Å². The summed E-state index contributed by atoms with van der Waals surface area (Å²) in [5.41, 5.74) is 1.03. The fourth-order valence-electron chi connectivity index (χ4n) is 1.54. The van der Waals surface area contributed by atoms with E-state index in [1.165, 1.54) is 0 Å². The van der Waals surface area contributed by atoms with Crippen LogP contribution in [-0.4, -0.2) is 35.5 Å². The molecule has 0 saturated carbocycles. The number of benzene rings is 1. The summed E-state index contributed by atoms with van der Waals surface area (Å²) in [7, 11) is 0. The molecule has 2 atom stereocenters. The van der Waals surface area contributed by atoms with Gasteiger partial charge in [-0.15, -0.1) is 0 Å². The number of para-hydroxylation sites is 1. The third-order valence-electron chi connectivity index (χ3n) is 2.35. The first-order valence-corrected chi connectivity index (χ1v) is 5.25. The molecule has 0 fully saturated rings. The van der Waals surface area contributed by atoms with Crippen molar-refractivity contribution in [3.8, 4) is 0 Å². The molecule has 1 aromatic rings. The third kappa shape index (κ3) is 3.53. The molecule has 0 aliphatic heterocycles. The second-order valence-electron chi connectivity index (χ2n) is 3.87. The molecule has 3 nitrogen and oxygen atoms in total. The van der Waals surface area contributed by atoms with Gasteiger partial charge in [0.25, 0.3) is 0 Å². The summed E-state index contributed by atoms with van der Waals surface area (Å²) in [6, 6.07) is 9.83. The minimum Gasteiger partial charge on any atom is -0.394 e. The molecular weight excluding hydrogens is 190 g/mol. The number of nitrogens with zero attached hydrogens (tertiary/aromatic N) is 1. The number of aliphatic hydroxyl groups excluding tert-OH is 2. The number of rotatable bonds is 5. The minimum atomic E-state index is -0.404. The lowest BCUT2D eigenvalue weighted by Crippen LogP contribution is -2.40. The molecule has 1 rings (SSSR count). The molecule has 0 amide bonds. The lowest BCUT2D eigenvalue weighted by atomic mass is 10.2. The van der Waals surface area contributed by atoms with E-state index in [0.29, 0.717) is 6.54 Å². The molecular formula is C12H19NO2. The summed E-state index contributed by atoms with van der Waals surface area (Å²) >= 11 is 0. The first kappa shape index (κ1) is 12.0. The Hall–Kier alpha value is -1.06. The summed E-state index contributed by atoms with van der Waals surface area (Å²) in [5.74, 6) is 0. The predicted molar refractivity (Wildman–Crippen MR) is 62.0 cm³/mol. The Morgan fingerprint density at radius 1 is 1.20 bits per heavy atom. The van der Waals surface area contributed by atoms with Crippen molar-refractivity contribution in [2.75, 3.05) is 18.1 Å². The molecule has 15 heavy (non-hydrogen) atoms. The molecule has 2 unspecified atom stereocenters. The van der Waals surface area contributed by atoms with Crippen molar-refractivity contribution in [2.45, 2.75) is 26.0 Å². The number of anilines is 1. The smallest absolute Gasteiger partial charge is 0.0687 e. The zero-order valence-electron chi connectivity index (χ0n) is 9.30. The van der Waals surface area contributed by atoms with Crippen LogP contribution >= 0.6 is 0 Å². The maximum atomic E-state index is 9.41. The van der Waals surface area contributed by atoms with Crippen LogP contribution in [0.2, 0.25) is 0 Å². The second-order valence-corrected chi connectivity index (χ2v) is 3.87. The van der Waals surface area contributed by atoms with Crippen LogP contribution < -0.4 is 4.90 Å². The predicted octanol–water partition coefficient (Wildman–Crippen LogP) is 1.25. The van der Waals surface area contributed by atoms with Gasteiger partial charge in [0, 0.05) is 18.3 Å². The van der Waals surface area contributed by atoms with Crippen molar-refractivity contribution in [3.05, 3.63) is 30.3 Å². The highest BCUT2D eigenvalue weighted by molar-refractivity contribution is 5.47. The van der Waals surface area contributed by atoms with Gasteiger partial charge < -0.3 is 15.1 Å². The van der Waals surface area contributed by atoms with E-state index in [-0.39, 0.29) is 12.6 Å². The summed E-state index contributed by atoms with van der Waals surface area (Å²) in [5, 5.41) is 18.6. The SMILES string of the molecule is CC(O)CN(c1ccccc1)C(C)CO. The zero-order chi connectivity index (χ0) is 11.3. The van der Waals surface area contributed by atoms with Crippen molar-refractivity contribution in [2.24, 2.45) is 0 Å². The van der Waals surface area contributed by atoms with E-state index < -0.39 is 6.10 Å². The second kappa shape index (κ2) is 5.73. The number of aliphatic hydroxyl groups is 2. The highest BCUT2D eigenvalue weighted by atomic mass is 16.3. The van der Waals surface area contributed by atoms with Crippen molar-refractivity contribution in [1.29, 1.82) is 0 Å². The van der Waals surface area contributed by atoms with E-state index in [0.717, 1.165) is 5.69 Å². The fraction of sp³-hybridized carbons (Fsp3) is 0.500. The van der Waals surface area contributed by atoms with Crippen molar-refractivity contribution >= 4 is 5.69 Å². The van der Waals surface area contributed by atoms with Crippen molar-refractivity contribution in [3.63, 3.8) is 0 Å². The average molecular weight is 209 g/mol. The summed E-state index contributed by atoms with van der Waals surface area (Å²) < 4.78 is 0. The Balaban J connectivity index is 2.81. The van der Waals surface area contributed by atoms with Crippen LogP contribution in [0.15, 0.2) is 30.3 Å². The van der Waals surface area contributed by atoms with Crippen LogP contribution in [0.1, 0.15) is 13.8 Å². The first-order valence-electron chi connectivity index (χ1n) is 5.25. The Kier molecular flexibility index (Phi) is 4.59. The number of hydrogen-bond acceptors (Lipinski definition) is 3. The molecule has 0 aromatic heterocycles. The lowest BCUT2D eigenvalue weighted by molar-refractivity contribution is 0.190. The van der Waals surface area contributed by atoms with E-state index in [2.05, 4.69) is 0 Å².